The highest BCUT2D eigenvalue weighted by Crippen LogP contribution is 2.39. The van der Waals surface area contributed by atoms with Gasteiger partial charge in [-0.15, -0.1) is 0 Å². The highest BCUT2D eigenvalue weighted by Gasteiger charge is 2.37. The van der Waals surface area contributed by atoms with Gasteiger partial charge in [-0.25, -0.2) is 8.42 Å². The number of anilines is 2. The van der Waals surface area contributed by atoms with Crippen LogP contribution in [-0.2, 0) is 21.9 Å². The SMILES string of the molecule is Cc1cc(-c2cnn(C)c2)ncc1S(=O)(=O)N1CC(=O)N(C)c2cccc(C)c21. The number of sulfonamides is 1. The second-order valence-corrected chi connectivity index (χ2v) is 8.98. The van der Waals surface area contributed by atoms with Crippen LogP contribution in [0.3, 0.4) is 0 Å². The van der Waals surface area contributed by atoms with E-state index in [1.54, 1.807) is 44.0 Å². The van der Waals surface area contributed by atoms with Crippen molar-refractivity contribution in [2.75, 3.05) is 22.8 Å². The number of benzene rings is 1. The predicted octanol–water partition coefficient (Wildman–Crippen LogP) is 2.27. The van der Waals surface area contributed by atoms with Crippen molar-refractivity contribution in [1.29, 1.82) is 0 Å². The van der Waals surface area contributed by atoms with Crippen LogP contribution < -0.4 is 9.21 Å². The maximum atomic E-state index is 13.5. The van der Waals surface area contributed by atoms with Crippen LogP contribution in [0.2, 0.25) is 0 Å². The van der Waals surface area contributed by atoms with E-state index < -0.39 is 10.0 Å². The first kappa shape index (κ1) is 19.1. The van der Waals surface area contributed by atoms with Crippen molar-refractivity contribution in [3.05, 3.63) is 54.0 Å². The molecule has 1 aliphatic heterocycles. The van der Waals surface area contributed by atoms with Crippen molar-refractivity contribution < 1.29 is 13.2 Å². The van der Waals surface area contributed by atoms with Gasteiger partial charge in [-0.3, -0.25) is 18.8 Å². The summed E-state index contributed by atoms with van der Waals surface area (Å²) in [5, 5.41) is 4.13. The molecule has 29 heavy (non-hydrogen) atoms. The molecule has 1 amide bonds. The van der Waals surface area contributed by atoms with E-state index in [-0.39, 0.29) is 17.3 Å². The van der Waals surface area contributed by atoms with Crippen LogP contribution in [0.4, 0.5) is 11.4 Å². The summed E-state index contributed by atoms with van der Waals surface area (Å²) in [5.41, 5.74) is 3.87. The third-order valence-electron chi connectivity index (χ3n) is 5.11. The van der Waals surface area contributed by atoms with Gasteiger partial charge in [0.1, 0.15) is 11.4 Å². The van der Waals surface area contributed by atoms with Crippen LogP contribution in [-0.4, -0.2) is 42.7 Å². The van der Waals surface area contributed by atoms with Crippen molar-refractivity contribution in [1.82, 2.24) is 14.8 Å². The molecule has 9 heteroatoms. The predicted molar refractivity (Wildman–Crippen MR) is 110 cm³/mol. The number of aromatic nitrogens is 3. The maximum absolute atomic E-state index is 13.5. The van der Waals surface area contributed by atoms with Gasteiger partial charge in [-0.05, 0) is 37.1 Å². The van der Waals surface area contributed by atoms with Gasteiger partial charge in [0.25, 0.3) is 10.0 Å². The molecule has 0 atom stereocenters. The molecule has 4 rings (SSSR count). The highest BCUT2D eigenvalue weighted by atomic mass is 32.2. The molecule has 1 aliphatic rings. The van der Waals surface area contributed by atoms with E-state index in [1.807, 2.05) is 25.3 Å². The lowest BCUT2D eigenvalue weighted by Crippen LogP contribution is -2.47. The first-order chi connectivity index (χ1) is 13.7. The van der Waals surface area contributed by atoms with Gasteiger partial charge in [-0.1, -0.05) is 12.1 Å². The van der Waals surface area contributed by atoms with Gasteiger partial charge >= 0.3 is 0 Å². The molecule has 0 N–H and O–H groups in total. The highest BCUT2D eigenvalue weighted by molar-refractivity contribution is 7.93. The Morgan fingerprint density at radius 2 is 1.83 bits per heavy atom. The Hall–Kier alpha value is -3.20. The Bertz CT molecular complexity index is 1230. The first-order valence-electron chi connectivity index (χ1n) is 9.04. The topological polar surface area (TPSA) is 88.4 Å². The normalized spacial score (nSPS) is 14.3. The van der Waals surface area contributed by atoms with Crippen molar-refractivity contribution >= 4 is 27.3 Å². The minimum Gasteiger partial charge on any atom is -0.312 e. The average Bonchev–Trinajstić information content (AvgIpc) is 3.11. The summed E-state index contributed by atoms with van der Waals surface area (Å²) >= 11 is 0. The van der Waals surface area contributed by atoms with E-state index in [9.17, 15) is 13.2 Å². The number of carbonyl (C=O) groups is 1. The number of rotatable bonds is 3. The monoisotopic (exact) mass is 411 g/mol. The molecule has 150 valence electrons. The molecule has 0 unspecified atom stereocenters. The summed E-state index contributed by atoms with van der Waals surface area (Å²) in [6.45, 7) is 3.31. The van der Waals surface area contributed by atoms with Crippen LogP contribution in [0.5, 0.6) is 0 Å². The quantitative estimate of drug-likeness (QED) is 0.660. The number of aryl methyl sites for hydroxylation is 3. The summed E-state index contributed by atoms with van der Waals surface area (Å²) in [4.78, 5) is 18.4. The van der Waals surface area contributed by atoms with Crippen molar-refractivity contribution in [3.63, 3.8) is 0 Å². The molecule has 2 aromatic heterocycles. The van der Waals surface area contributed by atoms with Gasteiger partial charge in [0.2, 0.25) is 5.91 Å². The van der Waals surface area contributed by atoms with E-state index in [1.165, 1.54) is 15.4 Å². The molecule has 3 heterocycles. The molecule has 0 saturated heterocycles. The number of hydrogen-bond donors (Lipinski definition) is 0. The summed E-state index contributed by atoms with van der Waals surface area (Å²) in [6, 6.07) is 7.12. The zero-order valence-electron chi connectivity index (χ0n) is 16.6. The molecule has 1 aromatic carbocycles. The van der Waals surface area contributed by atoms with Crippen molar-refractivity contribution in [3.8, 4) is 11.3 Å². The number of carbonyl (C=O) groups excluding carboxylic acids is 1. The van der Waals surface area contributed by atoms with Crippen LogP contribution in [0.25, 0.3) is 11.3 Å². The van der Waals surface area contributed by atoms with Crippen LogP contribution in [0.1, 0.15) is 11.1 Å². The lowest BCUT2D eigenvalue weighted by atomic mass is 10.1. The molecule has 8 nitrogen and oxygen atoms in total. The molecule has 0 spiro atoms. The molecular weight excluding hydrogens is 390 g/mol. The van der Waals surface area contributed by atoms with E-state index >= 15 is 0 Å². The van der Waals surface area contributed by atoms with E-state index in [0.29, 0.717) is 22.6 Å². The third-order valence-corrected chi connectivity index (χ3v) is 6.99. The Labute approximate surface area is 169 Å². The second kappa shape index (κ2) is 6.70. The smallest absolute Gasteiger partial charge is 0.266 e. The Morgan fingerprint density at radius 1 is 1.07 bits per heavy atom. The van der Waals surface area contributed by atoms with Gasteiger partial charge in [-0.2, -0.15) is 5.10 Å². The molecule has 3 aromatic rings. The zero-order valence-corrected chi connectivity index (χ0v) is 17.4. The standard InChI is InChI=1S/C20H21N5O3S/c1-13-6-5-7-17-20(13)25(12-19(26)24(17)4)29(27,28)18-10-21-16(8-14(18)2)15-9-22-23(3)11-15/h5-11H,12H2,1-4H3. The third kappa shape index (κ3) is 3.07. The largest absolute Gasteiger partial charge is 0.312 e. The maximum Gasteiger partial charge on any atom is 0.266 e. The number of amides is 1. The van der Waals surface area contributed by atoms with E-state index in [4.69, 9.17) is 0 Å². The fraction of sp³-hybridized carbons (Fsp3) is 0.250. The Morgan fingerprint density at radius 3 is 2.48 bits per heavy atom. The molecule has 0 aliphatic carbocycles. The number of pyridine rings is 1. The number of likely N-dealkylation sites (N-methyl/N-ethyl adjacent to an activating group) is 1. The Balaban J connectivity index is 1.82. The summed E-state index contributed by atoms with van der Waals surface area (Å²) < 4.78 is 29.9. The fourth-order valence-corrected chi connectivity index (χ4v) is 5.18. The summed E-state index contributed by atoms with van der Waals surface area (Å²) in [6.07, 6.45) is 4.84. The van der Waals surface area contributed by atoms with Gasteiger partial charge in [0.05, 0.1) is 23.3 Å². The van der Waals surface area contributed by atoms with E-state index in [2.05, 4.69) is 10.1 Å². The number of para-hydroxylation sites is 1. The molecule has 0 fully saturated rings. The van der Waals surface area contributed by atoms with Gasteiger partial charge in [0, 0.05) is 32.1 Å². The summed E-state index contributed by atoms with van der Waals surface area (Å²) in [7, 11) is -0.518. The molecular formula is C20H21N5O3S. The molecule has 0 radical (unpaired) electrons. The lowest BCUT2D eigenvalue weighted by Gasteiger charge is -2.36. The van der Waals surface area contributed by atoms with Gasteiger partial charge < -0.3 is 4.90 Å². The average molecular weight is 411 g/mol. The Kier molecular flexibility index (Phi) is 4.42. The minimum atomic E-state index is -3.98. The zero-order chi connectivity index (χ0) is 20.9. The van der Waals surface area contributed by atoms with Crippen LogP contribution in [0.15, 0.2) is 47.8 Å². The van der Waals surface area contributed by atoms with Gasteiger partial charge in [0.15, 0.2) is 0 Å². The fourth-order valence-electron chi connectivity index (χ4n) is 3.53. The van der Waals surface area contributed by atoms with Crippen molar-refractivity contribution in [2.24, 2.45) is 7.05 Å². The van der Waals surface area contributed by atoms with E-state index in [0.717, 1.165) is 11.1 Å². The molecule has 0 saturated carbocycles. The lowest BCUT2D eigenvalue weighted by molar-refractivity contribution is -0.117. The first-order valence-corrected chi connectivity index (χ1v) is 10.5. The van der Waals surface area contributed by atoms with Crippen LogP contribution >= 0.6 is 0 Å². The van der Waals surface area contributed by atoms with Crippen LogP contribution in [0, 0.1) is 13.8 Å². The number of fused-ring (bicyclic) bond motifs is 1. The molecule has 0 bridgehead atoms. The second-order valence-electron chi connectivity index (χ2n) is 7.14. The summed E-state index contributed by atoms with van der Waals surface area (Å²) in [5.74, 6) is -0.288. The number of hydrogen-bond acceptors (Lipinski definition) is 5. The number of nitrogens with zero attached hydrogens (tertiary/aromatic N) is 5. The minimum absolute atomic E-state index is 0.0803. The van der Waals surface area contributed by atoms with Crippen molar-refractivity contribution in [2.45, 2.75) is 18.7 Å².